The molecule has 53 heavy (non-hydrogen) atoms. The molecule has 8 heteroatoms. The van der Waals surface area contributed by atoms with Gasteiger partial charge in [-0.25, -0.2) is 0 Å². The van der Waals surface area contributed by atoms with Crippen LogP contribution >= 0.6 is 0 Å². The number of fused-ring (bicyclic) bond motifs is 2. The summed E-state index contributed by atoms with van der Waals surface area (Å²) in [6.45, 7) is 21.9. The number of aromatic nitrogens is 6. The molecular formula is C45H50N6O2. The number of hydrogen-bond donors (Lipinski definition) is 2. The summed E-state index contributed by atoms with van der Waals surface area (Å²) in [6, 6.07) is 32.0. The lowest BCUT2D eigenvalue weighted by Crippen LogP contribution is -2.27. The van der Waals surface area contributed by atoms with E-state index in [1.807, 2.05) is 72.8 Å². The summed E-state index contributed by atoms with van der Waals surface area (Å²) in [5.41, 5.74) is 8.28. The summed E-state index contributed by atoms with van der Waals surface area (Å²) in [4.78, 5) is 3.09. The van der Waals surface area contributed by atoms with Gasteiger partial charge in [0.25, 0.3) is 0 Å². The van der Waals surface area contributed by atoms with Gasteiger partial charge in [0, 0.05) is 22.1 Å². The number of benzene rings is 5. The van der Waals surface area contributed by atoms with E-state index >= 15 is 0 Å². The van der Waals surface area contributed by atoms with Gasteiger partial charge in [-0.1, -0.05) is 130 Å². The second-order valence-electron chi connectivity index (χ2n) is 17.8. The minimum atomic E-state index is -0.511. The normalized spacial score (nSPS) is 12.9. The van der Waals surface area contributed by atoms with E-state index in [0.29, 0.717) is 22.4 Å². The lowest BCUT2D eigenvalue weighted by Gasteiger charge is -2.35. The molecule has 0 fully saturated rings. The maximum atomic E-state index is 12.2. The van der Waals surface area contributed by atoms with E-state index < -0.39 is 5.41 Å². The standard InChI is InChI=1S/C45H50N6O2/c1-42(2,3)27-44(7,8)30-25-33(45(9,10)29-17-12-11-13-18-29)41(53)38(26-30)51-48-36-22-16-19-31(39(36)49-51)28-23-32(43(4,5)6)40(52)37(24-28)50-46-34-20-14-15-21-35(34)47-50/h11-26,52-53H,27H2,1-10H3. The second kappa shape index (κ2) is 12.6. The van der Waals surface area contributed by atoms with Crippen molar-refractivity contribution in [1.82, 2.24) is 30.0 Å². The smallest absolute Gasteiger partial charge is 0.147 e. The number of phenolic OH excluding ortho intramolecular Hbond substituents is 2. The number of phenols is 2. The Morgan fingerprint density at radius 1 is 0.528 bits per heavy atom. The molecule has 0 spiro atoms. The molecule has 0 bridgehead atoms. The van der Waals surface area contributed by atoms with Crippen LogP contribution in [0.4, 0.5) is 0 Å². The highest BCUT2D eigenvalue weighted by Gasteiger charge is 2.34. The lowest BCUT2D eigenvalue weighted by atomic mass is 9.70. The molecule has 2 heterocycles. The van der Waals surface area contributed by atoms with E-state index in [4.69, 9.17) is 20.4 Å². The van der Waals surface area contributed by atoms with Gasteiger partial charge in [0.2, 0.25) is 0 Å². The molecule has 8 nitrogen and oxygen atoms in total. The van der Waals surface area contributed by atoms with Crippen molar-refractivity contribution in [1.29, 1.82) is 0 Å². The van der Waals surface area contributed by atoms with Crippen molar-refractivity contribution in [3.63, 3.8) is 0 Å². The zero-order valence-electron chi connectivity index (χ0n) is 32.5. The largest absolute Gasteiger partial charge is 0.505 e. The molecule has 0 saturated carbocycles. The number of rotatable bonds is 7. The van der Waals surface area contributed by atoms with E-state index in [0.717, 1.165) is 50.8 Å². The predicted octanol–water partition coefficient (Wildman–Crippen LogP) is 10.6. The van der Waals surface area contributed by atoms with E-state index in [1.165, 1.54) is 4.80 Å². The van der Waals surface area contributed by atoms with Crippen LogP contribution in [0.2, 0.25) is 0 Å². The van der Waals surface area contributed by atoms with Gasteiger partial charge >= 0.3 is 0 Å². The summed E-state index contributed by atoms with van der Waals surface area (Å²) in [5, 5.41) is 43.4. The van der Waals surface area contributed by atoms with E-state index in [2.05, 4.69) is 93.5 Å². The molecule has 0 atom stereocenters. The Morgan fingerprint density at radius 2 is 1.08 bits per heavy atom. The molecule has 7 aromatic rings. The third kappa shape index (κ3) is 6.67. The van der Waals surface area contributed by atoms with Gasteiger partial charge in [-0.3, -0.25) is 0 Å². The quantitative estimate of drug-likeness (QED) is 0.171. The Bertz CT molecular complexity index is 2440. The highest BCUT2D eigenvalue weighted by Crippen LogP contribution is 2.45. The van der Waals surface area contributed by atoms with Gasteiger partial charge < -0.3 is 10.2 Å². The molecule has 2 aromatic heterocycles. The Labute approximate surface area is 312 Å². The fourth-order valence-electron chi connectivity index (χ4n) is 7.82. The Morgan fingerprint density at radius 3 is 1.70 bits per heavy atom. The van der Waals surface area contributed by atoms with E-state index in [9.17, 15) is 10.2 Å². The van der Waals surface area contributed by atoms with Crippen LogP contribution in [0, 0.1) is 5.41 Å². The SMILES string of the molecule is CC(C)(C)CC(C)(C)c1cc(-n2nc3cccc(-c4cc(-n5nc6ccccc6n5)c(O)c(C(C)(C)C)c4)c3n2)c(O)c(C(C)(C)c2ccccc2)c1. The summed E-state index contributed by atoms with van der Waals surface area (Å²) in [5.74, 6) is 0.278. The molecule has 2 N–H and O–H groups in total. The molecule has 0 amide bonds. The molecule has 7 rings (SSSR count). The third-order valence-electron chi connectivity index (χ3n) is 10.4. The highest BCUT2D eigenvalue weighted by atomic mass is 16.3. The zero-order valence-corrected chi connectivity index (χ0v) is 32.5. The highest BCUT2D eigenvalue weighted by molar-refractivity contribution is 5.92. The van der Waals surface area contributed by atoms with Gasteiger partial charge in [0.05, 0.1) is 0 Å². The van der Waals surface area contributed by atoms with Crippen LogP contribution < -0.4 is 0 Å². The van der Waals surface area contributed by atoms with Gasteiger partial charge in [-0.15, -0.1) is 30.0 Å². The first-order valence-electron chi connectivity index (χ1n) is 18.3. The molecule has 0 radical (unpaired) electrons. The van der Waals surface area contributed by atoms with Crippen LogP contribution in [0.5, 0.6) is 11.5 Å². The first-order chi connectivity index (χ1) is 24.8. The predicted molar refractivity (Wildman–Crippen MR) is 214 cm³/mol. The van der Waals surface area contributed by atoms with Crippen LogP contribution in [-0.2, 0) is 16.2 Å². The van der Waals surface area contributed by atoms with Gasteiger partial charge in [-0.2, -0.15) is 0 Å². The number of hydrogen-bond acceptors (Lipinski definition) is 6. The summed E-state index contributed by atoms with van der Waals surface area (Å²) < 4.78 is 0. The molecular weight excluding hydrogens is 657 g/mol. The van der Waals surface area contributed by atoms with Crippen LogP contribution in [0.3, 0.4) is 0 Å². The van der Waals surface area contributed by atoms with Crippen molar-refractivity contribution in [3.05, 3.63) is 119 Å². The van der Waals surface area contributed by atoms with Crippen LogP contribution in [0.15, 0.2) is 97.1 Å². The number of aromatic hydroxyl groups is 2. The van der Waals surface area contributed by atoms with Crippen molar-refractivity contribution in [2.24, 2.45) is 5.41 Å². The van der Waals surface area contributed by atoms with Crippen LogP contribution in [0.25, 0.3) is 44.6 Å². The Balaban J connectivity index is 1.44. The molecule has 0 aliphatic carbocycles. The minimum Gasteiger partial charge on any atom is -0.505 e. The molecule has 0 unspecified atom stereocenters. The summed E-state index contributed by atoms with van der Waals surface area (Å²) in [6.07, 6.45) is 0.939. The van der Waals surface area contributed by atoms with E-state index in [1.54, 1.807) is 4.80 Å². The monoisotopic (exact) mass is 706 g/mol. The van der Waals surface area contributed by atoms with Crippen molar-refractivity contribution >= 4 is 22.1 Å². The first kappa shape index (κ1) is 35.9. The number of nitrogens with zero attached hydrogens (tertiary/aromatic N) is 6. The third-order valence-corrected chi connectivity index (χ3v) is 10.4. The zero-order chi connectivity index (χ0) is 38.1. The fraction of sp³-hybridized carbons (Fsp3) is 0.333. The molecule has 0 aliphatic heterocycles. The molecule has 5 aromatic carbocycles. The van der Waals surface area contributed by atoms with Crippen molar-refractivity contribution in [2.75, 3.05) is 0 Å². The second-order valence-corrected chi connectivity index (χ2v) is 17.8. The van der Waals surface area contributed by atoms with Gasteiger partial charge in [-0.05, 0) is 75.8 Å². The fourth-order valence-corrected chi connectivity index (χ4v) is 7.82. The van der Waals surface area contributed by atoms with Crippen molar-refractivity contribution < 1.29 is 10.2 Å². The molecule has 272 valence electrons. The van der Waals surface area contributed by atoms with Crippen LogP contribution in [0.1, 0.15) is 97.9 Å². The topological polar surface area (TPSA) is 102 Å². The van der Waals surface area contributed by atoms with Crippen molar-refractivity contribution in [3.8, 4) is 34.0 Å². The maximum Gasteiger partial charge on any atom is 0.147 e. The first-order valence-corrected chi connectivity index (χ1v) is 18.3. The van der Waals surface area contributed by atoms with Crippen molar-refractivity contribution in [2.45, 2.75) is 91.9 Å². The molecule has 0 aliphatic rings. The minimum absolute atomic E-state index is 0.0808. The lowest BCUT2D eigenvalue weighted by molar-refractivity contribution is 0.283. The van der Waals surface area contributed by atoms with Gasteiger partial charge in [0.1, 0.15) is 44.9 Å². The summed E-state index contributed by atoms with van der Waals surface area (Å²) in [7, 11) is 0. The average Bonchev–Trinajstić information content (AvgIpc) is 3.72. The molecule has 0 saturated heterocycles. The average molecular weight is 707 g/mol. The Kier molecular flexibility index (Phi) is 8.51. The van der Waals surface area contributed by atoms with Gasteiger partial charge in [0.15, 0.2) is 0 Å². The summed E-state index contributed by atoms with van der Waals surface area (Å²) >= 11 is 0. The maximum absolute atomic E-state index is 12.2. The van der Waals surface area contributed by atoms with E-state index in [-0.39, 0.29) is 27.7 Å². The van der Waals surface area contributed by atoms with Crippen LogP contribution in [-0.4, -0.2) is 40.2 Å². The Hall–Kier alpha value is -5.50.